The zero-order chi connectivity index (χ0) is 23.3. The molecule has 0 aromatic heterocycles. The van der Waals surface area contributed by atoms with Gasteiger partial charge in [0.25, 0.3) is 0 Å². The average molecular weight is 484 g/mol. The molecule has 0 radical (unpaired) electrons. The quantitative estimate of drug-likeness (QED) is 0.570. The van der Waals surface area contributed by atoms with E-state index in [1.165, 1.54) is 29.2 Å². The standard InChI is InChI=1S/C21H20ClF2N3O4S/c1-3-30-16-6-4-5-14(11-16)25-19(29)17-12-18(28)27(2)20(32-17)26-13-7-9-15(10-8-13)31-21(22,23)24/h4-11,17H,3,12H2,1-2H3,(H,25,29). The SMILES string of the molecule is CCOc1cccc(NC(=O)C2CC(=O)N(C)C(=Nc3ccc(OC(F)(F)Cl)cc3)S2)c1. The van der Waals surface area contributed by atoms with Crippen molar-refractivity contribution in [3.8, 4) is 11.5 Å². The Bertz CT molecular complexity index is 1010. The lowest BCUT2D eigenvalue weighted by Crippen LogP contribution is -2.43. The Morgan fingerprint density at radius 1 is 1.28 bits per heavy atom. The van der Waals surface area contributed by atoms with Crippen LogP contribution in [0, 0.1) is 0 Å². The van der Waals surface area contributed by atoms with Gasteiger partial charge in [0.15, 0.2) is 5.17 Å². The number of alkyl halides is 3. The Morgan fingerprint density at radius 2 is 2.00 bits per heavy atom. The second-order valence-electron chi connectivity index (χ2n) is 6.65. The number of anilines is 1. The number of halogens is 3. The molecule has 1 heterocycles. The molecule has 0 bridgehead atoms. The van der Waals surface area contributed by atoms with Crippen LogP contribution < -0.4 is 14.8 Å². The summed E-state index contributed by atoms with van der Waals surface area (Å²) in [6.45, 7) is 2.36. The zero-order valence-electron chi connectivity index (χ0n) is 17.2. The maximum Gasteiger partial charge on any atom is 0.487 e. The third kappa shape index (κ3) is 6.57. The van der Waals surface area contributed by atoms with E-state index < -0.39 is 10.8 Å². The minimum absolute atomic E-state index is 0.00868. The lowest BCUT2D eigenvalue weighted by atomic mass is 10.2. The van der Waals surface area contributed by atoms with Crippen molar-refractivity contribution in [2.24, 2.45) is 4.99 Å². The van der Waals surface area contributed by atoms with Crippen molar-refractivity contribution >= 4 is 51.7 Å². The number of nitrogens with zero attached hydrogens (tertiary/aromatic N) is 2. The fourth-order valence-corrected chi connectivity index (χ4v) is 3.94. The molecule has 1 aliphatic rings. The second kappa shape index (κ2) is 10.2. The Morgan fingerprint density at radius 3 is 2.66 bits per heavy atom. The van der Waals surface area contributed by atoms with Gasteiger partial charge in [-0.3, -0.25) is 14.5 Å². The van der Waals surface area contributed by atoms with Crippen LogP contribution in [-0.4, -0.2) is 46.4 Å². The highest BCUT2D eigenvalue weighted by Crippen LogP contribution is 2.31. The molecule has 1 unspecified atom stereocenters. The Labute approximate surface area is 192 Å². The van der Waals surface area contributed by atoms with E-state index >= 15 is 0 Å². The maximum atomic E-state index is 12.8. The number of benzene rings is 2. The van der Waals surface area contributed by atoms with Gasteiger partial charge in [0, 0.05) is 36.8 Å². The molecule has 0 aliphatic carbocycles. The van der Waals surface area contributed by atoms with Crippen LogP contribution in [0.5, 0.6) is 11.5 Å². The predicted molar refractivity (Wildman–Crippen MR) is 120 cm³/mol. The van der Waals surface area contributed by atoms with Crippen molar-refractivity contribution in [3.63, 3.8) is 0 Å². The number of nitrogens with one attached hydrogen (secondary N) is 1. The highest BCUT2D eigenvalue weighted by Gasteiger charge is 2.34. The van der Waals surface area contributed by atoms with E-state index in [0.29, 0.717) is 28.9 Å². The van der Waals surface area contributed by atoms with Gasteiger partial charge >= 0.3 is 5.57 Å². The van der Waals surface area contributed by atoms with Crippen LogP contribution in [0.2, 0.25) is 0 Å². The third-order valence-electron chi connectivity index (χ3n) is 4.27. The highest BCUT2D eigenvalue weighted by molar-refractivity contribution is 8.15. The molecular formula is C21H20ClF2N3O4S. The molecule has 0 saturated carbocycles. The van der Waals surface area contributed by atoms with Crippen molar-refractivity contribution in [3.05, 3.63) is 48.5 Å². The first-order valence-electron chi connectivity index (χ1n) is 9.56. The minimum atomic E-state index is -3.82. The van der Waals surface area contributed by atoms with E-state index in [9.17, 15) is 18.4 Å². The molecule has 3 rings (SSSR count). The maximum absolute atomic E-state index is 12.8. The molecule has 11 heteroatoms. The molecule has 7 nitrogen and oxygen atoms in total. The summed E-state index contributed by atoms with van der Waals surface area (Å²) in [6, 6.07) is 12.4. The fourth-order valence-electron chi connectivity index (χ4n) is 2.78. The molecule has 1 N–H and O–H groups in total. The molecule has 1 atom stereocenters. The lowest BCUT2D eigenvalue weighted by molar-refractivity contribution is -0.128. The van der Waals surface area contributed by atoms with Crippen LogP contribution in [0.4, 0.5) is 20.2 Å². The lowest BCUT2D eigenvalue weighted by Gasteiger charge is -2.28. The Kier molecular flexibility index (Phi) is 7.57. The van der Waals surface area contributed by atoms with E-state index in [-0.39, 0.29) is 24.0 Å². The number of ether oxygens (including phenoxy) is 2. The number of hydrogen-bond acceptors (Lipinski definition) is 6. The summed E-state index contributed by atoms with van der Waals surface area (Å²) in [5.41, 5.74) is -2.87. The summed E-state index contributed by atoms with van der Waals surface area (Å²) in [6.07, 6.45) is 0.00868. The Balaban J connectivity index is 1.72. The van der Waals surface area contributed by atoms with Gasteiger partial charge < -0.3 is 14.8 Å². The van der Waals surface area contributed by atoms with Gasteiger partial charge in [-0.2, -0.15) is 0 Å². The molecule has 32 heavy (non-hydrogen) atoms. The fraction of sp³-hybridized carbons (Fsp3) is 0.286. The average Bonchev–Trinajstić information content (AvgIpc) is 2.72. The number of amides is 2. The van der Waals surface area contributed by atoms with Gasteiger partial charge in [0.2, 0.25) is 11.8 Å². The van der Waals surface area contributed by atoms with E-state index in [1.807, 2.05) is 6.92 Å². The second-order valence-corrected chi connectivity index (χ2v) is 8.26. The summed E-state index contributed by atoms with van der Waals surface area (Å²) in [7, 11) is 1.55. The first kappa shape index (κ1) is 23.8. The summed E-state index contributed by atoms with van der Waals surface area (Å²) in [5.74, 6) is -0.126. The van der Waals surface area contributed by atoms with Gasteiger partial charge in [-0.05, 0) is 43.3 Å². The summed E-state index contributed by atoms with van der Waals surface area (Å²) in [4.78, 5) is 30.9. The third-order valence-corrected chi connectivity index (χ3v) is 5.59. The number of carbonyl (C=O) groups is 2. The van der Waals surface area contributed by atoms with Crippen molar-refractivity contribution in [2.75, 3.05) is 19.0 Å². The molecule has 1 fully saturated rings. The summed E-state index contributed by atoms with van der Waals surface area (Å²) >= 11 is 5.88. The zero-order valence-corrected chi connectivity index (χ0v) is 18.8. The van der Waals surface area contributed by atoms with Crippen molar-refractivity contribution in [1.82, 2.24) is 4.90 Å². The molecule has 1 saturated heterocycles. The summed E-state index contributed by atoms with van der Waals surface area (Å²) < 4.78 is 35.2. The predicted octanol–water partition coefficient (Wildman–Crippen LogP) is 4.84. The molecular weight excluding hydrogens is 464 g/mol. The van der Waals surface area contributed by atoms with Crippen LogP contribution >= 0.6 is 23.4 Å². The van der Waals surface area contributed by atoms with E-state index in [1.54, 1.807) is 31.3 Å². The van der Waals surface area contributed by atoms with Gasteiger partial charge in [0.05, 0.1) is 12.3 Å². The highest BCUT2D eigenvalue weighted by atomic mass is 35.5. The number of carbonyl (C=O) groups excluding carboxylic acids is 2. The molecule has 0 spiro atoms. The van der Waals surface area contributed by atoms with Crippen LogP contribution in [-0.2, 0) is 9.59 Å². The Hall–Kier alpha value is -2.85. The van der Waals surface area contributed by atoms with Crippen LogP contribution in [0.3, 0.4) is 0 Å². The van der Waals surface area contributed by atoms with Crippen molar-refractivity contribution in [1.29, 1.82) is 0 Å². The van der Waals surface area contributed by atoms with E-state index in [2.05, 4.69) is 15.0 Å². The molecule has 170 valence electrons. The van der Waals surface area contributed by atoms with E-state index in [4.69, 9.17) is 16.3 Å². The van der Waals surface area contributed by atoms with Gasteiger partial charge in [0.1, 0.15) is 16.7 Å². The first-order chi connectivity index (χ1) is 15.1. The van der Waals surface area contributed by atoms with Crippen LogP contribution in [0.15, 0.2) is 53.5 Å². The number of rotatable bonds is 7. The number of aliphatic imine (C=N–C) groups is 1. The van der Waals surface area contributed by atoms with Gasteiger partial charge in [-0.15, -0.1) is 8.78 Å². The van der Waals surface area contributed by atoms with Crippen LogP contribution in [0.25, 0.3) is 0 Å². The topological polar surface area (TPSA) is 80.2 Å². The van der Waals surface area contributed by atoms with Crippen molar-refractivity contribution < 1.29 is 27.8 Å². The molecule has 2 amide bonds. The summed E-state index contributed by atoms with van der Waals surface area (Å²) in [5, 5.41) is 2.41. The number of hydrogen-bond donors (Lipinski definition) is 1. The first-order valence-corrected chi connectivity index (χ1v) is 10.8. The monoisotopic (exact) mass is 483 g/mol. The van der Waals surface area contributed by atoms with E-state index in [0.717, 1.165) is 11.8 Å². The van der Waals surface area contributed by atoms with Gasteiger partial charge in [-0.1, -0.05) is 17.8 Å². The van der Waals surface area contributed by atoms with Crippen LogP contribution in [0.1, 0.15) is 13.3 Å². The smallest absolute Gasteiger partial charge is 0.487 e. The molecule has 1 aliphatic heterocycles. The number of thioether (sulfide) groups is 1. The van der Waals surface area contributed by atoms with Crippen molar-refractivity contribution in [2.45, 2.75) is 24.2 Å². The normalized spacial score (nSPS) is 17.9. The number of amidine groups is 1. The van der Waals surface area contributed by atoms with Gasteiger partial charge in [-0.25, -0.2) is 4.99 Å². The largest absolute Gasteiger partial charge is 0.494 e. The molecule has 2 aromatic rings. The molecule has 2 aromatic carbocycles. The minimum Gasteiger partial charge on any atom is -0.494 e.